The van der Waals surface area contributed by atoms with Crippen LogP contribution >= 0.6 is 0 Å². The van der Waals surface area contributed by atoms with Crippen LogP contribution in [0.15, 0.2) is 35.3 Å². The Bertz CT molecular complexity index is 913. The maximum atomic E-state index is 13.1. The van der Waals surface area contributed by atoms with Gasteiger partial charge in [0.05, 0.1) is 26.9 Å². The Labute approximate surface area is 164 Å². The van der Waals surface area contributed by atoms with Crippen LogP contribution in [0.2, 0.25) is 0 Å². The van der Waals surface area contributed by atoms with E-state index in [0.29, 0.717) is 35.9 Å². The van der Waals surface area contributed by atoms with Gasteiger partial charge < -0.3 is 23.7 Å². The Balaban J connectivity index is 1.76. The Kier molecular flexibility index (Phi) is 5.92. The Morgan fingerprint density at radius 3 is 2.25 bits per heavy atom. The summed E-state index contributed by atoms with van der Waals surface area (Å²) in [5.41, 5.74) is 1.48. The maximum absolute atomic E-state index is 13.1. The fourth-order valence-corrected chi connectivity index (χ4v) is 3.67. The first-order chi connectivity index (χ1) is 13.5. The molecule has 1 aliphatic heterocycles. The molecule has 1 aromatic carbocycles. The minimum Gasteiger partial charge on any atom is -0.493 e. The summed E-state index contributed by atoms with van der Waals surface area (Å²) in [4.78, 5) is 26.8. The lowest BCUT2D eigenvalue weighted by Crippen LogP contribution is -2.38. The summed E-state index contributed by atoms with van der Waals surface area (Å²) in [6.45, 7) is 1.24. The SMILES string of the molecule is COc1ccc(C(=O)N2CCC(c3ccn(C)c(=O)c3)CC2)c(OC)c1OC. The van der Waals surface area contributed by atoms with Crippen molar-refractivity contribution in [1.82, 2.24) is 9.47 Å². The van der Waals surface area contributed by atoms with Crippen molar-refractivity contribution in [1.29, 1.82) is 0 Å². The van der Waals surface area contributed by atoms with Crippen molar-refractivity contribution in [3.8, 4) is 17.2 Å². The number of nitrogens with zero attached hydrogens (tertiary/aromatic N) is 2. The van der Waals surface area contributed by atoms with Gasteiger partial charge in [-0.15, -0.1) is 0 Å². The lowest BCUT2D eigenvalue weighted by atomic mass is 9.89. The predicted octanol–water partition coefficient (Wildman–Crippen LogP) is 2.43. The van der Waals surface area contributed by atoms with E-state index in [9.17, 15) is 9.59 Å². The standard InChI is InChI=1S/C21H26N2O5/c1-22-10-7-15(13-18(22)24)14-8-11-23(12-9-14)21(25)16-5-6-17(26-2)20(28-4)19(16)27-3/h5-7,10,13-14H,8-9,11-12H2,1-4H3. The number of hydrogen-bond donors (Lipinski definition) is 0. The van der Waals surface area contributed by atoms with Crippen LogP contribution in [0, 0.1) is 0 Å². The molecule has 1 aromatic heterocycles. The van der Waals surface area contributed by atoms with E-state index in [1.807, 2.05) is 11.0 Å². The smallest absolute Gasteiger partial charge is 0.257 e. The fourth-order valence-electron chi connectivity index (χ4n) is 3.67. The number of likely N-dealkylation sites (tertiary alicyclic amines) is 1. The Morgan fingerprint density at radius 2 is 1.68 bits per heavy atom. The largest absolute Gasteiger partial charge is 0.493 e. The van der Waals surface area contributed by atoms with Crippen molar-refractivity contribution in [3.63, 3.8) is 0 Å². The van der Waals surface area contributed by atoms with Gasteiger partial charge in [0.2, 0.25) is 5.75 Å². The van der Waals surface area contributed by atoms with Gasteiger partial charge in [0.15, 0.2) is 11.5 Å². The molecule has 0 radical (unpaired) electrons. The number of hydrogen-bond acceptors (Lipinski definition) is 5. The van der Waals surface area contributed by atoms with Crippen molar-refractivity contribution in [3.05, 3.63) is 51.9 Å². The van der Waals surface area contributed by atoms with Crippen molar-refractivity contribution >= 4 is 5.91 Å². The minimum absolute atomic E-state index is 0.00827. The number of aryl methyl sites for hydroxylation is 1. The van der Waals surface area contributed by atoms with Crippen LogP contribution in [0.25, 0.3) is 0 Å². The second kappa shape index (κ2) is 8.37. The monoisotopic (exact) mass is 386 g/mol. The van der Waals surface area contributed by atoms with E-state index < -0.39 is 0 Å². The summed E-state index contributed by atoms with van der Waals surface area (Å²) in [5.74, 6) is 1.48. The summed E-state index contributed by atoms with van der Waals surface area (Å²) < 4.78 is 17.7. The third-order valence-electron chi connectivity index (χ3n) is 5.32. The molecule has 1 aliphatic rings. The van der Waals surface area contributed by atoms with E-state index in [1.165, 1.54) is 14.2 Å². The molecule has 0 atom stereocenters. The van der Waals surface area contributed by atoms with E-state index in [0.717, 1.165) is 18.4 Å². The van der Waals surface area contributed by atoms with Gasteiger partial charge in [-0.2, -0.15) is 0 Å². The zero-order chi connectivity index (χ0) is 20.3. The molecule has 150 valence electrons. The van der Waals surface area contributed by atoms with Gasteiger partial charge in [0.1, 0.15) is 0 Å². The van der Waals surface area contributed by atoms with E-state index >= 15 is 0 Å². The molecule has 2 heterocycles. The highest BCUT2D eigenvalue weighted by atomic mass is 16.5. The van der Waals surface area contributed by atoms with Gasteiger partial charge in [-0.05, 0) is 42.5 Å². The molecule has 1 fully saturated rings. The molecule has 7 heteroatoms. The van der Waals surface area contributed by atoms with Crippen molar-refractivity contribution in [2.45, 2.75) is 18.8 Å². The highest BCUT2D eigenvalue weighted by Crippen LogP contribution is 2.40. The molecule has 0 bridgehead atoms. The second-order valence-corrected chi connectivity index (χ2v) is 6.86. The number of ether oxygens (including phenoxy) is 3. The molecule has 28 heavy (non-hydrogen) atoms. The van der Waals surface area contributed by atoms with E-state index in [2.05, 4.69) is 0 Å². The summed E-state index contributed by atoms with van der Waals surface area (Å²) >= 11 is 0. The zero-order valence-corrected chi connectivity index (χ0v) is 16.7. The molecular weight excluding hydrogens is 360 g/mol. The van der Waals surface area contributed by atoms with Crippen molar-refractivity contribution < 1.29 is 19.0 Å². The van der Waals surface area contributed by atoms with Crippen LogP contribution < -0.4 is 19.8 Å². The molecular formula is C21H26N2O5. The van der Waals surface area contributed by atoms with Gasteiger partial charge in [-0.25, -0.2) is 0 Å². The number of pyridine rings is 1. The van der Waals surface area contributed by atoms with Gasteiger partial charge in [-0.3, -0.25) is 9.59 Å². The molecule has 7 nitrogen and oxygen atoms in total. The number of aromatic nitrogens is 1. The normalized spacial score (nSPS) is 14.6. The molecule has 0 unspecified atom stereocenters. The third kappa shape index (κ3) is 3.69. The van der Waals surface area contributed by atoms with Crippen molar-refractivity contribution in [2.24, 2.45) is 7.05 Å². The van der Waals surface area contributed by atoms with Gasteiger partial charge in [0, 0.05) is 32.4 Å². The van der Waals surface area contributed by atoms with Crippen LogP contribution in [0.4, 0.5) is 0 Å². The maximum Gasteiger partial charge on any atom is 0.257 e. The van der Waals surface area contributed by atoms with E-state index in [4.69, 9.17) is 14.2 Å². The number of amides is 1. The van der Waals surface area contributed by atoms with Crippen LogP contribution in [-0.2, 0) is 7.05 Å². The highest BCUT2D eigenvalue weighted by molar-refractivity contribution is 5.98. The van der Waals surface area contributed by atoms with Gasteiger partial charge in [-0.1, -0.05) is 0 Å². The molecule has 3 rings (SSSR count). The quantitative estimate of drug-likeness (QED) is 0.789. The summed E-state index contributed by atoms with van der Waals surface area (Å²) in [6.07, 6.45) is 3.42. The second-order valence-electron chi connectivity index (χ2n) is 6.86. The average molecular weight is 386 g/mol. The fraction of sp³-hybridized carbons (Fsp3) is 0.429. The number of methoxy groups -OCH3 is 3. The first-order valence-corrected chi connectivity index (χ1v) is 9.25. The number of piperidine rings is 1. The Morgan fingerprint density at radius 1 is 1.00 bits per heavy atom. The summed E-state index contributed by atoms with van der Waals surface area (Å²) in [6, 6.07) is 7.09. The number of carbonyl (C=O) groups is 1. The summed E-state index contributed by atoms with van der Waals surface area (Å²) in [7, 11) is 6.31. The number of benzene rings is 1. The van der Waals surface area contributed by atoms with Gasteiger partial charge in [0.25, 0.3) is 11.5 Å². The molecule has 1 saturated heterocycles. The highest BCUT2D eigenvalue weighted by Gasteiger charge is 2.28. The molecule has 2 aromatic rings. The number of carbonyl (C=O) groups excluding carboxylic acids is 1. The zero-order valence-electron chi connectivity index (χ0n) is 16.7. The average Bonchev–Trinajstić information content (AvgIpc) is 2.74. The predicted molar refractivity (Wildman–Crippen MR) is 106 cm³/mol. The summed E-state index contributed by atoms with van der Waals surface area (Å²) in [5, 5.41) is 0. The lowest BCUT2D eigenvalue weighted by Gasteiger charge is -2.32. The van der Waals surface area contributed by atoms with E-state index in [-0.39, 0.29) is 17.4 Å². The van der Waals surface area contributed by atoms with Gasteiger partial charge >= 0.3 is 0 Å². The van der Waals surface area contributed by atoms with E-state index in [1.54, 1.807) is 43.1 Å². The third-order valence-corrected chi connectivity index (χ3v) is 5.32. The minimum atomic E-state index is -0.0970. The Hall–Kier alpha value is -2.96. The molecule has 0 N–H and O–H groups in total. The molecule has 1 amide bonds. The topological polar surface area (TPSA) is 70.0 Å². The molecule has 0 saturated carbocycles. The first kappa shape index (κ1) is 19.8. The lowest BCUT2D eigenvalue weighted by molar-refractivity contribution is 0.0708. The first-order valence-electron chi connectivity index (χ1n) is 9.25. The van der Waals surface area contributed by atoms with Crippen LogP contribution in [0.5, 0.6) is 17.2 Å². The van der Waals surface area contributed by atoms with Crippen LogP contribution in [-0.4, -0.2) is 49.8 Å². The van der Waals surface area contributed by atoms with Crippen LogP contribution in [0.3, 0.4) is 0 Å². The number of rotatable bonds is 5. The molecule has 0 aliphatic carbocycles. The van der Waals surface area contributed by atoms with Crippen molar-refractivity contribution in [2.75, 3.05) is 34.4 Å². The molecule has 0 spiro atoms. The van der Waals surface area contributed by atoms with Crippen LogP contribution in [0.1, 0.15) is 34.7 Å².